The van der Waals surface area contributed by atoms with Gasteiger partial charge in [-0.3, -0.25) is 0 Å². The first-order valence-electron chi connectivity index (χ1n) is 5.00. The molecule has 0 aromatic rings. The highest BCUT2D eigenvalue weighted by Gasteiger charge is 2.24. The standard InChI is InChI=1S/C10H18O3/c1-7-3-2-4-8(5-7)6-9(11)10(12)13/h7-9,11H,2-6H2,1H3,(H,12,13). The van der Waals surface area contributed by atoms with E-state index in [4.69, 9.17) is 10.2 Å². The zero-order valence-electron chi connectivity index (χ0n) is 8.07. The van der Waals surface area contributed by atoms with Crippen LogP contribution in [0.4, 0.5) is 0 Å². The molecule has 3 nitrogen and oxygen atoms in total. The van der Waals surface area contributed by atoms with Crippen molar-refractivity contribution in [2.45, 2.75) is 45.1 Å². The Morgan fingerprint density at radius 3 is 2.77 bits per heavy atom. The van der Waals surface area contributed by atoms with Crippen LogP contribution in [-0.4, -0.2) is 22.3 Å². The van der Waals surface area contributed by atoms with Gasteiger partial charge in [-0.05, 0) is 24.7 Å². The molecule has 3 heteroatoms. The van der Waals surface area contributed by atoms with Crippen LogP contribution in [0.1, 0.15) is 39.0 Å². The number of aliphatic hydroxyl groups is 1. The Balaban J connectivity index is 2.31. The van der Waals surface area contributed by atoms with E-state index in [0.29, 0.717) is 18.3 Å². The molecule has 0 saturated heterocycles. The maximum Gasteiger partial charge on any atom is 0.332 e. The number of rotatable bonds is 3. The third kappa shape index (κ3) is 3.35. The topological polar surface area (TPSA) is 57.5 Å². The molecule has 76 valence electrons. The lowest BCUT2D eigenvalue weighted by Crippen LogP contribution is -2.25. The average Bonchev–Trinajstić information content (AvgIpc) is 2.04. The molecule has 0 bridgehead atoms. The van der Waals surface area contributed by atoms with Gasteiger partial charge in [-0.25, -0.2) is 4.79 Å². The number of hydrogen-bond donors (Lipinski definition) is 2. The molecule has 3 atom stereocenters. The van der Waals surface area contributed by atoms with Gasteiger partial charge in [0.1, 0.15) is 0 Å². The van der Waals surface area contributed by atoms with E-state index in [1.165, 1.54) is 12.8 Å². The van der Waals surface area contributed by atoms with Crippen molar-refractivity contribution >= 4 is 5.97 Å². The van der Waals surface area contributed by atoms with Crippen molar-refractivity contribution in [1.82, 2.24) is 0 Å². The van der Waals surface area contributed by atoms with Gasteiger partial charge in [-0.1, -0.05) is 26.2 Å². The highest BCUT2D eigenvalue weighted by atomic mass is 16.4. The van der Waals surface area contributed by atoms with Gasteiger partial charge in [0.15, 0.2) is 6.10 Å². The van der Waals surface area contributed by atoms with Crippen molar-refractivity contribution in [3.05, 3.63) is 0 Å². The summed E-state index contributed by atoms with van der Waals surface area (Å²) in [4.78, 5) is 10.4. The highest BCUT2D eigenvalue weighted by molar-refractivity contribution is 5.71. The molecule has 0 aromatic carbocycles. The van der Waals surface area contributed by atoms with Gasteiger partial charge >= 0.3 is 5.97 Å². The Labute approximate surface area is 78.8 Å². The average molecular weight is 186 g/mol. The SMILES string of the molecule is CC1CCCC(CC(O)C(=O)O)C1. The molecule has 13 heavy (non-hydrogen) atoms. The number of aliphatic hydroxyl groups excluding tert-OH is 1. The summed E-state index contributed by atoms with van der Waals surface area (Å²) in [5.74, 6) is 0.0211. The van der Waals surface area contributed by atoms with E-state index in [1.54, 1.807) is 0 Å². The minimum atomic E-state index is -1.16. The number of hydrogen-bond acceptors (Lipinski definition) is 2. The number of carbonyl (C=O) groups is 1. The number of aliphatic carboxylic acids is 1. The number of carboxylic acids is 1. The minimum Gasteiger partial charge on any atom is -0.479 e. The van der Waals surface area contributed by atoms with E-state index in [1.807, 2.05) is 0 Å². The first kappa shape index (κ1) is 10.5. The van der Waals surface area contributed by atoms with E-state index in [9.17, 15) is 4.79 Å². The maximum atomic E-state index is 10.4. The molecule has 0 radical (unpaired) electrons. The lowest BCUT2D eigenvalue weighted by Gasteiger charge is -2.27. The molecule has 0 amide bonds. The van der Waals surface area contributed by atoms with E-state index in [0.717, 1.165) is 12.8 Å². The zero-order chi connectivity index (χ0) is 9.84. The summed E-state index contributed by atoms with van der Waals surface area (Å²) in [6.07, 6.45) is 3.85. The summed E-state index contributed by atoms with van der Waals surface area (Å²) >= 11 is 0. The zero-order valence-corrected chi connectivity index (χ0v) is 8.07. The van der Waals surface area contributed by atoms with Crippen molar-refractivity contribution in [3.63, 3.8) is 0 Å². The second-order valence-corrected chi connectivity index (χ2v) is 4.23. The molecular formula is C10H18O3. The second-order valence-electron chi connectivity index (χ2n) is 4.23. The molecule has 1 fully saturated rings. The van der Waals surface area contributed by atoms with Gasteiger partial charge in [0, 0.05) is 0 Å². The summed E-state index contributed by atoms with van der Waals surface area (Å²) in [5, 5.41) is 17.7. The molecule has 0 heterocycles. The third-order valence-corrected chi connectivity index (χ3v) is 2.89. The maximum absolute atomic E-state index is 10.4. The summed E-state index contributed by atoms with van der Waals surface area (Å²) in [6.45, 7) is 2.19. The first-order valence-corrected chi connectivity index (χ1v) is 5.00. The van der Waals surface area contributed by atoms with E-state index in [2.05, 4.69) is 6.92 Å². The van der Waals surface area contributed by atoms with Crippen LogP contribution >= 0.6 is 0 Å². The van der Waals surface area contributed by atoms with Crippen molar-refractivity contribution in [2.24, 2.45) is 11.8 Å². The molecule has 1 rings (SSSR count). The molecule has 2 N–H and O–H groups in total. The summed E-state index contributed by atoms with van der Waals surface area (Å²) in [7, 11) is 0. The Hall–Kier alpha value is -0.570. The van der Waals surface area contributed by atoms with E-state index >= 15 is 0 Å². The van der Waals surface area contributed by atoms with Crippen LogP contribution in [0.25, 0.3) is 0 Å². The van der Waals surface area contributed by atoms with Crippen LogP contribution < -0.4 is 0 Å². The Bertz CT molecular complexity index is 179. The molecule has 1 aliphatic rings. The van der Waals surface area contributed by atoms with Crippen molar-refractivity contribution in [2.75, 3.05) is 0 Å². The summed E-state index contributed by atoms with van der Waals surface area (Å²) in [5.41, 5.74) is 0. The Kier molecular flexibility index (Phi) is 3.72. The second kappa shape index (κ2) is 4.61. The van der Waals surface area contributed by atoms with Crippen molar-refractivity contribution in [3.8, 4) is 0 Å². The molecule has 1 saturated carbocycles. The molecule has 3 unspecified atom stereocenters. The van der Waals surface area contributed by atoms with Gasteiger partial charge in [-0.15, -0.1) is 0 Å². The van der Waals surface area contributed by atoms with Crippen LogP contribution in [0, 0.1) is 11.8 Å². The van der Waals surface area contributed by atoms with Gasteiger partial charge in [-0.2, -0.15) is 0 Å². The quantitative estimate of drug-likeness (QED) is 0.704. The fourth-order valence-electron chi connectivity index (χ4n) is 2.19. The Morgan fingerprint density at radius 2 is 2.23 bits per heavy atom. The van der Waals surface area contributed by atoms with E-state index < -0.39 is 12.1 Å². The molecule has 1 aliphatic carbocycles. The summed E-state index contributed by atoms with van der Waals surface area (Å²) in [6, 6.07) is 0. The third-order valence-electron chi connectivity index (χ3n) is 2.89. The monoisotopic (exact) mass is 186 g/mol. The van der Waals surface area contributed by atoms with Gasteiger partial charge in [0.2, 0.25) is 0 Å². The van der Waals surface area contributed by atoms with Crippen molar-refractivity contribution < 1.29 is 15.0 Å². The molecular weight excluding hydrogens is 168 g/mol. The van der Waals surface area contributed by atoms with Gasteiger partial charge in [0.05, 0.1) is 0 Å². The predicted molar refractivity (Wildman–Crippen MR) is 49.4 cm³/mol. The smallest absolute Gasteiger partial charge is 0.332 e. The number of carboxylic acid groups (broad SMARTS) is 1. The largest absolute Gasteiger partial charge is 0.479 e. The minimum absolute atomic E-state index is 0.412. The molecule has 0 spiro atoms. The van der Waals surface area contributed by atoms with Crippen LogP contribution in [0.5, 0.6) is 0 Å². The fourth-order valence-corrected chi connectivity index (χ4v) is 2.19. The molecule has 0 aliphatic heterocycles. The van der Waals surface area contributed by atoms with Crippen LogP contribution in [-0.2, 0) is 4.79 Å². The van der Waals surface area contributed by atoms with Crippen LogP contribution in [0.15, 0.2) is 0 Å². The van der Waals surface area contributed by atoms with Crippen LogP contribution in [0.3, 0.4) is 0 Å². The first-order chi connectivity index (χ1) is 6.09. The molecule has 0 aromatic heterocycles. The Morgan fingerprint density at radius 1 is 1.54 bits per heavy atom. The van der Waals surface area contributed by atoms with Gasteiger partial charge < -0.3 is 10.2 Å². The van der Waals surface area contributed by atoms with Crippen molar-refractivity contribution in [1.29, 1.82) is 0 Å². The highest BCUT2D eigenvalue weighted by Crippen LogP contribution is 2.31. The normalized spacial score (nSPS) is 31.2. The predicted octanol–water partition coefficient (Wildman–Crippen LogP) is 1.65. The summed E-state index contributed by atoms with van der Waals surface area (Å²) < 4.78 is 0. The van der Waals surface area contributed by atoms with E-state index in [-0.39, 0.29) is 0 Å². The van der Waals surface area contributed by atoms with Crippen LogP contribution in [0.2, 0.25) is 0 Å². The van der Waals surface area contributed by atoms with Gasteiger partial charge in [0.25, 0.3) is 0 Å². The fraction of sp³-hybridized carbons (Fsp3) is 0.900. The lowest BCUT2D eigenvalue weighted by molar-refractivity contribution is -0.147. The lowest BCUT2D eigenvalue weighted by atomic mass is 9.80.